The molecule has 3 rings (SSSR count). The summed E-state index contributed by atoms with van der Waals surface area (Å²) in [5, 5.41) is 7.20. The number of fused-ring (bicyclic) bond motifs is 1. The zero-order chi connectivity index (χ0) is 20.1. The number of hydrogen-bond donors (Lipinski definition) is 2. The number of H-pyrrole nitrogens is 1. The molecule has 0 fully saturated rings. The Morgan fingerprint density at radius 2 is 2.00 bits per heavy atom. The molecule has 0 atom stereocenters. The quantitative estimate of drug-likeness (QED) is 0.428. The number of benzene rings is 1. The third-order valence-electron chi connectivity index (χ3n) is 4.90. The van der Waals surface area contributed by atoms with Crippen molar-refractivity contribution in [3.05, 3.63) is 67.6 Å². The Hall–Kier alpha value is -2.18. The van der Waals surface area contributed by atoms with Crippen molar-refractivity contribution in [2.45, 2.75) is 46.7 Å². The van der Waals surface area contributed by atoms with Gasteiger partial charge in [-0.05, 0) is 61.1 Å². The van der Waals surface area contributed by atoms with Gasteiger partial charge in [0.1, 0.15) is 0 Å². The first-order valence-corrected chi connectivity index (χ1v) is 11.0. The second-order valence-electron chi connectivity index (χ2n) is 7.13. The van der Waals surface area contributed by atoms with Gasteiger partial charge in [0.2, 0.25) is 0 Å². The van der Waals surface area contributed by atoms with Crippen LogP contribution in [0, 0.1) is 13.8 Å². The van der Waals surface area contributed by atoms with Crippen molar-refractivity contribution in [3.8, 4) is 0 Å². The van der Waals surface area contributed by atoms with Gasteiger partial charge in [-0.15, -0.1) is 11.3 Å². The van der Waals surface area contributed by atoms with Crippen LogP contribution in [0.15, 0.2) is 40.5 Å². The van der Waals surface area contributed by atoms with E-state index >= 15 is 0 Å². The number of pyridine rings is 1. The lowest BCUT2D eigenvalue weighted by Gasteiger charge is -2.25. The van der Waals surface area contributed by atoms with E-state index in [2.05, 4.69) is 46.6 Å². The summed E-state index contributed by atoms with van der Waals surface area (Å²) in [6.07, 6.45) is 2.19. The fourth-order valence-corrected chi connectivity index (χ4v) is 4.17. The van der Waals surface area contributed by atoms with Crippen molar-refractivity contribution in [1.82, 2.24) is 15.2 Å². The molecule has 0 aliphatic rings. The molecule has 1 aromatic carbocycles. The maximum absolute atomic E-state index is 12.8. The molecule has 0 radical (unpaired) electrons. The lowest BCUT2D eigenvalue weighted by molar-refractivity contribution is 0.400. The van der Waals surface area contributed by atoms with E-state index in [9.17, 15) is 4.79 Å². The average molecular weight is 414 g/mol. The number of nitrogens with zero attached hydrogens (tertiary/aromatic N) is 1. The summed E-state index contributed by atoms with van der Waals surface area (Å²) >= 11 is 7.36. The summed E-state index contributed by atoms with van der Waals surface area (Å²) in [7, 11) is 0. The SMILES string of the molecule is CCCCNC(=S)N(Cc1cccs1)Cc1cc2c(C)ccc(C)c2[nH]c1=O. The van der Waals surface area contributed by atoms with Crippen molar-refractivity contribution in [3.63, 3.8) is 0 Å². The highest BCUT2D eigenvalue weighted by Crippen LogP contribution is 2.21. The maximum atomic E-state index is 12.8. The van der Waals surface area contributed by atoms with Crippen LogP contribution >= 0.6 is 23.6 Å². The molecule has 0 saturated carbocycles. The Morgan fingerprint density at radius 3 is 2.71 bits per heavy atom. The lowest BCUT2D eigenvalue weighted by Crippen LogP contribution is -2.40. The third-order valence-corrected chi connectivity index (χ3v) is 6.17. The van der Waals surface area contributed by atoms with Gasteiger partial charge in [0.25, 0.3) is 5.56 Å². The number of aryl methyl sites for hydroxylation is 2. The Labute approximate surface area is 175 Å². The minimum absolute atomic E-state index is 0.0475. The van der Waals surface area contributed by atoms with Gasteiger partial charge in [-0.1, -0.05) is 31.5 Å². The zero-order valence-corrected chi connectivity index (χ0v) is 18.3. The molecule has 0 spiro atoms. The van der Waals surface area contributed by atoms with Gasteiger partial charge in [-0.3, -0.25) is 4.79 Å². The molecule has 0 saturated heterocycles. The van der Waals surface area contributed by atoms with Gasteiger partial charge >= 0.3 is 0 Å². The Morgan fingerprint density at radius 1 is 1.21 bits per heavy atom. The van der Waals surface area contributed by atoms with Crippen LogP contribution in [0.1, 0.15) is 41.3 Å². The minimum atomic E-state index is -0.0475. The molecule has 148 valence electrons. The summed E-state index contributed by atoms with van der Waals surface area (Å²) in [4.78, 5) is 19.2. The molecule has 0 amide bonds. The van der Waals surface area contributed by atoms with E-state index in [1.807, 2.05) is 25.1 Å². The largest absolute Gasteiger partial charge is 0.363 e. The molecule has 0 aliphatic carbocycles. The molecule has 6 heteroatoms. The highest BCUT2D eigenvalue weighted by atomic mass is 32.1. The first-order chi connectivity index (χ1) is 13.5. The molecule has 0 aliphatic heterocycles. The molecule has 28 heavy (non-hydrogen) atoms. The van der Waals surface area contributed by atoms with Crippen LogP contribution < -0.4 is 10.9 Å². The van der Waals surface area contributed by atoms with Gasteiger partial charge in [0.15, 0.2) is 5.11 Å². The smallest absolute Gasteiger partial charge is 0.253 e. The number of nitrogens with one attached hydrogen (secondary N) is 2. The van der Waals surface area contributed by atoms with Crippen molar-refractivity contribution in [1.29, 1.82) is 0 Å². The molecule has 0 bridgehead atoms. The summed E-state index contributed by atoms with van der Waals surface area (Å²) in [5.41, 5.74) is 3.84. The van der Waals surface area contributed by atoms with Gasteiger partial charge in [0, 0.05) is 22.4 Å². The summed E-state index contributed by atoms with van der Waals surface area (Å²) in [6, 6.07) is 10.3. The van der Waals surface area contributed by atoms with Crippen molar-refractivity contribution in [2.24, 2.45) is 0 Å². The van der Waals surface area contributed by atoms with E-state index in [4.69, 9.17) is 12.2 Å². The number of aromatic nitrogens is 1. The monoisotopic (exact) mass is 413 g/mol. The van der Waals surface area contributed by atoms with Crippen molar-refractivity contribution < 1.29 is 0 Å². The molecule has 2 aromatic heterocycles. The molecule has 0 unspecified atom stereocenters. The molecular formula is C22H27N3OS2. The summed E-state index contributed by atoms with van der Waals surface area (Å²) in [5.74, 6) is 0. The van der Waals surface area contributed by atoms with Crippen molar-refractivity contribution in [2.75, 3.05) is 6.54 Å². The van der Waals surface area contributed by atoms with E-state index < -0.39 is 0 Å². The lowest BCUT2D eigenvalue weighted by atomic mass is 10.0. The standard InChI is InChI=1S/C22H27N3OS2/c1-4-5-10-23-22(27)25(14-18-7-6-11-28-18)13-17-12-19-15(2)8-9-16(3)20(19)24-21(17)26/h6-9,11-12H,4-5,10,13-14H2,1-3H3,(H,23,27)(H,24,26). The highest BCUT2D eigenvalue weighted by Gasteiger charge is 2.15. The predicted molar refractivity (Wildman–Crippen MR) is 123 cm³/mol. The average Bonchev–Trinajstić information content (AvgIpc) is 3.18. The second-order valence-corrected chi connectivity index (χ2v) is 8.55. The third kappa shape index (κ3) is 4.80. The van der Waals surface area contributed by atoms with Crippen LogP contribution in [0.5, 0.6) is 0 Å². The normalized spacial score (nSPS) is 11.0. The number of thiophene rings is 1. The van der Waals surface area contributed by atoms with Gasteiger partial charge in [0.05, 0.1) is 18.6 Å². The Balaban J connectivity index is 1.90. The number of thiocarbonyl (C=S) groups is 1. The number of rotatable bonds is 7. The van der Waals surface area contributed by atoms with Crippen LogP contribution in [0.3, 0.4) is 0 Å². The highest BCUT2D eigenvalue weighted by molar-refractivity contribution is 7.80. The molecule has 3 aromatic rings. The van der Waals surface area contributed by atoms with Crippen LogP contribution in [0.2, 0.25) is 0 Å². The topological polar surface area (TPSA) is 48.1 Å². The van der Waals surface area contributed by atoms with E-state index in [-0.39, 0.29) is 5.56 Å². The Kier molecular flexibility index (Phi) is 6.86. The van der Waals surface area contributed by atoms with Crippen LogP contribution in [-0.2, 0) is 13.1 Å². The fourth-order valence-electron chi connectivity index (χ4n) is 3.22. The van der Waals surface area contributed by atoms with Gasteiger partial charge < -0.3 is 15.2 Å². The fraction of sp³-hybridized carbons (Fsp3) is 0.364. The summed E-state index contributed by atoms with van der Waals surface area (Å²) in [6.45, 7) is 8.28. The maximum Gasteiger partial charge on any atom is 0.253 e. The second kappa shape index (κ2) is 9.34. The first kappa shape index (κ1) is 20.6. The van der Waals surface area contributed by atoms with Crippen LogP contribution in [0.4, 0.5) is 0 Å². The van der Waals surface area contributed by atoms with Crippen molar-refractivity contribution >= 4 is 39.6 Å². The first-order valence-electron chi connectivity index (χ1n) is 9.67. The van der Waals surface area contributed by atoms with Gasteiger partial charge in [-0.2, -0.15) is 0 Å². The molecule has 2 N–H and O–H groups in total. The number of unbranched alkanes of at least 4 members (excludes halogenated alkanes) is 1. The number of hydrogen-bond acceptors (Lipinski definition) is 3. The summed E-state index contributed by atoms with van der Waals surface area (Å²) < 4.78 is 0. The van der Waals surface area contributed by atoms with Crippen LogP contribution in [-0.4, -0.2) is 21.5 Å². The molecule has 2 heterocycles. The molecular weight excluding hydrogens is 386 g/mol. The van der Waals surface area contributed by atoms with E-state index in [0.717, 1.165) is 47.0 Å². The minimum Gasteiger partial charge on any atom is -0.363 e. The zero-order valence-electron chi connectivity index (χ0n) is 16.7. The van der Waals surface area contributed by atoms with E-state index in [1.54, 1.807) is 11.3 Å². The van der Waals surface area contributed by atoms with Gasteiger partial charge in [-0.25, -0.2) is 0 Å². The number of aromatic amines is 1. The van der Waals surface area contributed by atoms with E-state index in [1.165, 1.54) is 4.88 Å². The molecule has 4 nitrogen and oxygen atoms in total. The van der Waals surface area contributed by atoms with Crippen LogP contribution in [0.25, 0.3) is 10.9 Å². The predicted octanol–water partition coefficient (Wildman–Crippen LogP) is 4.88. The van der Waals surface area contributed by atoms with E-state index in [0.29, 0.717) is 18.2 Å². The Bertz CT molecular complexity index is 1010.